The number of hydrogen-bond donors (Lipinski definition) is 1. The minimum atomic E-state index is -0.777. The van der Waals surface area contributed by atoms with Crippen molar-refractivity contribution in [3.63, 3.8) is 0 Å². The number of ether oxygens (including phenoxy) is 2. The summed E-state index contributed by atoms with van der Waals surface area (Å²) in [6.07, 6.45) is 5.92. The molecule has 6 nitrogen and oxygen atoms in total. The van der Waals surface area contributed by atoms with Crippen LogP contribution in [0.25, 0.3) is 0 Å². The number of hydrogen-bond acceptors (Lipinski definition) is 6. The molecule has 4 saturated carbocycles. The zero-order chi connectivity index (χ0) is 20.5. The highest BCUT2D eigenvalue weighted by Gasteiger charge is 2.63. The second-order valence-corrected chi connectivity index (χ2v) is 10.5. The minimum absolute atomic E-state index is 0.225. The van der Waals surface area contributed by atoms with Crippen molar-refractivity contribution in [2.24, 2.45) is 35.0 Å². The Morgan fingerprint density at radius 2 is 1.82 bits per heavy atom. The summed E-state index contributed by atoms with van der Waals surface area (Å²) in [4.78, 5) is 37.1. The molecule has 1 saturated heterocycles. The first-order valence-corrected chi connectivity index (χ1v) is 10.7. The maximum Gasteiger partial charge on any atom is 0.318 e. The summed E-state index contributed by atoms with van der Waals surface area (Å²) in [5.41, 5.74) is -1.59. The zero-order valence-electron chi connectivity index (χ0n) is 17.3. The van der Waals surface area contributed by atoms with Crippen LogP contribution in [0.15, 0.2) is 0 Å². The van der Waals surface area contributed by atoms with Crippen LogP contribution in [0.5, 0.6) is 0 Å². The average molecular weight is 392 g/mol. The zero-order valence-corrected chi connectivity index (χ0v) is 17.3. The van der Waals surface area contributed by atoms with E-state index in [-0.39, 0.29) is 5.41 Å². The highest BCUT2D eigenvalue weighted by Crippen LogP contribution is 2.65. The molecule has 28 heavy (non-hydrogen) atoms. The SMILES string of the molecule is CCC(C(=O)OC(C)(C)C12CC3CC(CC(O)(C3)C1)C2)C1C(=O)OC(=O)C1C. The third-order valence-electron chi connectivity index (χ3n) is 8.22. The van der Waals surface area contributed by atoms with Crippen LogP contribution in [0.1, 0.15) is 72.6 Å². The fraction of sp³-hybridized carbons (Fsp3) is 0.864. The molecule has 0 amide bonds. The molecule has 5 rings (SSSR count). The first kappa shape index (κ1) is 19.9. The van der Waals surface area contributed by atoms with E-state index in [0.717, 1.165) is 25.7 Å². The number of aliphatic hydroxyl groups is 1. The fourth-order valence-electron chi connectivity index (χ4n) is 7.04. The highest BCUT2D eigenvalue weighted by atomic mass is 16.6. The normalized spacial score (nSPS) is 43.2. The molecule has 0 radical (unpaired) electrons. The molecule has 5 atom stereocenters. The van der Waals surface area contributed by atoms with Gasteiger partial charge in [0, 0.05) is 5.41 Å². The first-order valence-electron chi connectivity index (χ1n) is 10.7. The molecule has 6 heteroatoms. The van der Waals surface area contributed by atoms with Crippen molar-refractivity contribution in [3.8, 4) is 0 Å². The topological polar surface area (TPSA) is 89.9 Å². The molecule has 0 aromatic carbocycles. The lowest BCUT2D eigenvalue weighted by molar-refractivity contribution is -0.234. The van der Waals surface area contributed by atoms with Gasteiger partial charge in [-0.1, -0.05) is 13.8 Å². The molecule has 5 fully saturated rings. The molecule has 1 heterocycles. The first-order chi connectivity index (χ1) is 13.0. The van der Waals surface area contributed by atoms with Crippen molar-refractivity contribution in [2.45, 2.75) is 83.8 Å². The Morgan fingerprint density at radius 1 is 1.21 bits per heavy atom. The van der Waals surface area contributed by atoms with Gasteiger partial charge in [-0.15, -0.1) is 0 Å². The lowest BCUT2D eigenvalue weighted by atomic mass is 9.44. The van der Waals surface area contributed by atoms with Gasteiger partial charge in [-0.2, -0.15) is 0 Å². The van der Waals surface area contributed by atoms with Crippen LogP contribution < -0.4 is 0 Å². The van der Waals surface area contributed by atoms with Crippen LogP contribution in [0, 0.1) is 35.0 Å². The quantitative estimate of drug-likeness (QED) is 0.571. The number of carbonyl (C=O) groups is 3. The van der Waals surface area contributed by atoms with Gasteiger partial charge in [0.15, 0.2) is 0 Å². The van der Waals surface area contributed by atoms with Crippen LogP contribution in [0.2, 0.25) is 0 Å². The molecule has 5 aliphatic rings. The minimum Gasteiger partial charge on any atom is -0.459 e. The molecule has 4 aliphatic carbocycles. The lowest BCUT2D eigenvalue weighted by Gasteiger charge is -2.64. The summed E-state index contributed by atoms with van der Waals surface area (Å²) in [7, 11) is 0. The Hall–Kier alpha value is -1.43. The second-order valence-electron chi connectivity index (χ2n) is 10.5. The van der Waals surface area contributed by atoms with Gasteiger partial charge in [0.25, 0.3) is 0 Å². The summed E-state index contributed by atoms with van der Waals surface area (Å²) in [5.74, 6) is -2.73. The summed E-state index contributed by atoms with van der Waals surface area (Å²) >= 11 is 0. The monoisotopic (exact) mass is 392 g/mol. The highest BCUT2D eigenvalue weighted by molar-refractivity contribution is 5.98. The van der Waals surface area contributed by atoms with E-state index in [0.29, 0.717) is 24.7 Å². The van der Waals surface area contributed by atoms with E-state index < -0.39 is 46.9 Å². The molecular weight excluding hydrogens is 360 g/mol. The van der Waals surface area contributed by atoms with Crippen LogP contribution in [-0.4, -0.2) is 34.2 Å². The van der Waals surface area contributed by atoms with Crippen molar-refractivity contribution in [1.82, 2.24) is 0 Å². The third-order valence-corrected chi connectivity index (χ3v) is 8.22. The second kappa shape index (κ2) is 6.28. The predicted molar refractivity (Wildman–Crippen MR) is 99.8 cm³/mol. The van der Waals surface area contributed by atoms with Gasteiger partial charge in [-0.3, -0.25) is 14.4 Å². The molecular formula is C22H32O6. The fourth-order valence-corrected chi connectivity index (χ4v) is 7.04. The van der Waals surface area contributed by atoms with Gasteiger partial charge in [0.05, 0.1) is 23.4 Å². The van der Waals surface area contributed by atoms with Gasteiger partial charge in [0.2, 0.25) is 0 Å². The third kappa shape index (κ3) is 2.90. The molecule has 1 aliphatic heterocycles. The average Bonchev–Trinajstić information content (AvgIpc) is 2.79. The summed E-state index contributed by atoms with van der Waals surface area (Å²) in [6, 6.07) is 0. The summed E-state index contributed by atoms with van der Waals surface area (Å²) in [5, 5.41) is 11.1. The van der Waals surface area contributed by atoms with Gasteiger partial charge in [0.1, 0.15) is 5.60 Å². The standard InChI is InChI=1S/C22H32O6/c1-5-15(16-12(2)17(23)27-19(16)25)18(24)28-20(3,4)21-7-13-6-14(8-21)10-22(26,9-13)11-21/h12-16,26H,5-11H2,1-4H3. The largest absolute Gasteiger partial charge is 0.459 e. The molecule has 4 bridgehead atoms. The Labute approximate surface area is 166 Å². The Balaban J connectivity index is 1.55. The molecule has 0 aromatic rings. The van der Waals surface area contributed by atoms with Gasteiger partial charge in [-0.05, 0) is 70.6 Å². The number of esters is 3. The van der Waals surface area contributed by atoms with E-state index in [2.05, 4.69) is 0 Å². The van der Waals surface area contributed by atoms with E-state index in [1.54, 1.807) is 6.92 Å². The number of cyclic esters (lactones) is 2. The Kier molecular flexibility index (Phi) is 4.46. The molecule has 0 spiro atoms. The maximum absolute atomic E-state index is 13.1. The van der Waals surface area contributed by atoms with Gasteiger partial charge in [-0.25, -0.2) is 0 Å². The predicted octanol–water partition coefficient (Wildman–Crippen LogP) is 3.00. The molecule has 156 valence electrons. The van der Waals surface area contributed by atoms with E-state index in [9.17, 15) is 19.5 Å². The van der Waals surface area contributed by atoms with Crippen LogP contribution >= 0.6 is 0 Å². The van der Waals surface area contributed by atoms with Crippen molar-refractivity contribution < 1.29 is 29.0 Å². The molecule has 5 unspecified atom stereocenters. The van der Waals surface area contributed by atoms with Crippen molar-refractivity contribution >= 4 is 17.9 Å². The van der Waals surface area contributed by atoms with E-state index in [1.807, 2.05) is 20.8 Å². The van der Waals surface area contributed by atoms with E-state index in [4.69, 9.17) is 9.47 Å². The van der Waals surface area contributed by atoms with Crippen molar-refractivity contribution in [2.75, 3.05) is 0 Å². The Morgan fingerprint density at radius 3 is 2.29 bits per heavy atom. The smallest absolute Gasteiger partial charge is 0.318 e. The number of carbonyl (C=O) groups excluding carboxylic acids is 3. The van der Waals surface area contributed by atoms with Crippen molar-refractivity contribution in [3.05, 3.63) is 0 Å². The Bertz CT molecular complexity index is 696. The van der Waals surface area contributed by atoms with Crippen LogP contribution in [-0.2, 0) is 23.9 Å². The maximum atomic E-state index is 13.1. The van der Waals surface area contributed by atoms with Crippen molar-refractivity contribution in [1.29, 1.82) is 0 Å². The summed E-state index contributed by atoms with van der Waals surface area (Å²) in [6.45, 7) is 7.37. The molecule has 1 N–H and O–H groups in total. The number of rotatable bonds is 5. The van der Waals surface area contributed by atoms with Crippen LogP contribution in [0.3, 0.4) is 0 Å². The van der Waals surface area contributed by atoms with Gasteiger partial charge >= 0.3 is 17.9 Å². The van der Waals surface area contributed by atoms with E-state index >= 15 is 0 Å². The van der Waals surface area contributed by atoms with E-state index in [1.165, 1.54) is 6.42 Å². The summed E-state index contributed by atoms with van der Waals surface area (Å²) < 4.78 is 10.8. The molecule has 0 aromatic heterocycles. The lowest BCUT2D eigenvalue weighted by Crippen LogP contribution is -2.63. The van der Waals surface area contributed by atoms with Crippen LogP contribution in [0.4, 0.5) is 0 Å². The van der Waals surface area contributed by atoms with Gasteiger partial charge < -0.3 is 14.6 Å².